The van der Waals surface area contributed by atoms with Crippen molar-refractivity contribution in [1.29, 1.82) is 5.26 Å². The lowest BCUT2D eigenvalue weighted by molar-refractivity contribution is 0.410. The summed E-state index contributed by atoms with van der Waals surface area (Å²) in [6, 6.07) is 7.33. The first-order chi connectivity index (χ1) is 9.24. The standard InChI is InChI=1S/C13H11ClN4O/c1-19-12-3-2-10(14)6-9(12)8-18-13-11(7-15)16-4-5-17-13/h2-6H,8H2,1H3,(H,17,18). The van der Waals surface area contributed by atoms with E-state index in [9.17, 15) is 0 Å². The van der Waals surface area contributed by atoms with Crippen molar-refractivity contribution < 1.29 is 4.74 Å². The SMILES string of the molecule is COc1ccc(Cl)cc1CNc1nccnc1C#N. The number of hydrogen-bond acceptors (Lipinski definition) is 5. The van der Waals surface area contributed by atoms with Crippen LogP contribution in [0.25, 0.3) is 0 Å². The topological polar surface area (TPSA) is 70.8 Å². The maximum atomic E-state index is 8.92. The second kappa shape index (κ2) is 6.03. The highest BCUT2D eigenvalue weighted by molar-refractivity contribution is 6.30. The molecular formula is C13H11ClN4O. The molecule has 0 saturated carbocycles. The third-order valence-electron chi connectivity index (χ3n) is 2.49. The zero-order valence-corrected chi connectivity index (χ0v) is 11.0. The molecule has 2 rings (SSSR count). The average molecular weight is 275 g/mol. The molecule has 0 aliphatic carbocycles. The number of hydrogen-bond donors (Lipinski definition) is 1. The van der Waals surface area contributed by atoms with E-state index in [1.54, 1.807) is 25.3 Å². The lowest BCUT2D eigenvalue weighted by Gasteiger charge is -2.10. The van der Waals surface area contributed by atoms with Crippen LogP contribution in [0.3, 0.4) is 0 Å². The molecule has 1 N–H and O–H groups in total. The maximum absolute atomic E-state index is 8.92. The van der Waals surface area contributed by atoms with Crippen LogP contribution in [0.1, 0.15) is 11.3 Å². The molecule has 6 heteroatoms. The van der Waals surface area contributed by atoms with Gasteiger partial charge in [-0.15, -0.1) is 0 Å². The van der Waals surface area contributed by atoms with Gasteiger partial charge >= 0.3 is 0 Å². The molecule has 1 aromatic carbocycles. The summed E-state index contributed by atoms with van der Waals surface area (Å²) in [6.07, 6.45) is 3.00. The summed E-state index contributed by atoms with van der Waals surface area (Å²) in [5.41, 5.74) is 1.13. The second-order valence-electron chi connectivity index (χ2n) is 3.68. The largest absolute Gasteiger partial charge is 0.496 e. The Morgan fingerprint density at radius 1 is 1.37 bits per heavy atom. The molecule has 0 amide bonds. The maximum Gasteiger partial charge on any atom is 0.182 e. The van der Waals surface area contributed by atoms with Gasteiger partial charge in [-0.05, 0) is 18.2 Å². The molecule has 96 valence electrons. The van der Waals surface area contributed by atoms with Gasteiger partial charge < -0.3 is 10.1 Å². The molecule has 0 fully saturated rings. The summed E-state index contributed by atoms with van der Waals surface area (Å²) >= 11 is 5.95. The zero-order valence-electron chi connectivity index (χ0n) is 10.2. The lowest BCUT2D eigenvalue weighted by atomic mass is 10.2. The molecule has 19 heavy (non-hydrogen) atoms. The third-order valence-corrected chi connectivity index (χ3v) is 2.73. The first kappa shape index (κ1) is 13.1. The first-order valence-electron chi connectivity index (χ1n) is 5.52. The highest BCUT2D eigenvalue weighted by Gasteiger charge is 2.07. The normalized spacial score (nSPS) is 9.74. The van der Waals surface area contributed by atoms with Crippen LogP contribution in [0, 0.1) is 11.3 Å². The molecule has 2 aromatic rings. The van der Waals surface area contributed by atoms with Crippen molar-refractivity contribution >= 4 is 17.4 Å². The molecular weight excluding hydrogens is 264 g/mol. The molecule has 5 nitrogen and oxygen atoms in total. The summed E-state index contributed by atoms with van der Waals surface area (Å²) in [5.74, 6) is 1.16. The van der Waals surface area contributed by atoms with Gasteiger partial charge in [0, 0.05) is 29.5 Å². The fourth-order valence-corrected chi connectivity index (χ4v) is 1.81. The van der Waals surface area contributed by atoms with Gasteiger partial charge in [0.15, 0.2) is 11.5 Å². The number of aromatic nitrogens is 2. The monoisotopic (exact) mass is 274 g/mol. The Bertz CT molecular complexity index is 624. The van der Waals surface area contributed by atoms with E-state index >= 15 is 0 Å². The predicted molar refractivity (Wildman–Crippen MR) is 72.1 cm³/mol. The van der Waals surface area contributed by atoms with Crippen molar-refractivity contribution in [3.8, 4) is 11.8 Å². The first-order valence-corrected chi connectivity index (χ1v) is 5.90. The van der Waals surface area contributed by atoms with Gasteiger partial charge in [-0.1, -0.05) is 11.6 Å². The molecule has 0 radical (unpaired) electrons. The Hall–Kier alpha value is -2.32. The van der Waals surface area contributed by atoms with E-state index < -0.39 is 0 Å². The van der Waals surface area contributed by atoms with E-state index in [1.165, 1.54) is 12.4 Å². The molecule has 0 bridgehead atoms. The number of nitriles is 1. The van der Waals surface area contributed by atoms with Crippen LogP contribution >= 0.6 is 11.6 Å². The molecule has 1 aromatic heterocycles. The number of ether oxygens (including phenoxy) is 1. The Kier molecular flexibility index (Phi) is 4.16. The van der Waals surface area contributed by atoms with Crippen molar-refractivity contribution in [1.82, 2.24) is 9.97 Å². The minimum Gasteiger partial charge on any atom is -0.496 e. The van der Waals surface area contributed by atoms with Crippen molar-refractivity contribution in [2.75, 3.05) is 12.4 Å². The van der Waals surface area contributed by atoms with Gasteiger partial charge in [-0.2, -0.15) is 5.26 Å². The number of rotatable bonds is 4. The molecule has 0 aliphatic heterocycles. The quantitative estimate of drug-likeness (QED) is 0.928. The third kappa shape index (κ3) is 3.12. The minimum absolute atomic E-state index is 0.253. The van der Waals surface area contributed by atoms with Crippen LogP contribution in [0.15, 0.2) is 30.6 Å². The lowest BCUT2D eigenvalue weighted by Crippen LogP contribution is -2.05. The zero-order chi connectivity index (χ0) is 13.7. The Balaban J connectivity index is 2.19. The van der Waals surface area contributed by atoms with Gasteiger partial charge in [-0.25, -0.2) is 9.97 Å². The Labute approximate surface area is 115 Å². The number of halogens is 1. The molecule has 0 unspecified atom stereocenters. The van der Waals surface area contributed by atoms with Crippen LogP contribution in [-0.2, 0) is 6.54 Å². The van der Waals surface area contributed by atoms with Gasteiger partial charge in [0.05, 0.1) is 7.11 Å². The summed E-state index contributed by atoms with van der Waals surface area (Å²) in [4.78, 5) is 8.00. The van der Waals surface area contributed by atoms with E-state index in [4.69, 9.17) is 21.6 Å². The van der Waals surface area contributed by atoms with Crippen LogP contribution in [0.4, 0.5) is 5.82 Å². The number of nitrogens with one attached hydrogen (secondary N) is 1. The minimum atomic E-state index is 0.253. The molecule has 1 heterocycles. The Morgan fingerprint density at radius 3 is 2.89 bits per heavy atom. The van der Waals surface area contributed by atoms with E-state index in [1.807, 2.05) is 6.07 Å². The molecule has 0 spiro atoms. The summed E-state index contributed by atoms with van der Waals surface area (Å²) < 4.78 is 5.25. The predicted octanol–water partition coefficient (Wildman–Crippen LogP) is 2.62. The van der Waals surface area contributed by atoms with E-state index in [0.717, 1.165) is 11.3 Å². The van der Waals surface area contributed by atoms with Crippen LogP contribution < -0.4 is 10.1 Å². The highest BCUT2D eigenvalue weighted by Crippen LogP contribution is 2.23. The average Bonchev–Trinajstić information content (AvgIpc) is 2.45. The number of nitrogens with zero attached hydrogens (tertiary/aromatic N) is 3. The smallest absolute Gasteiger partial charge is 0.182 e. The van der Waals surface area contributed by atoms with E-state index in [-0.39, 0.29) is 5.69 Å². The van der Waals surface area contributed by atoms with Crippen molar-refractivity contribution in [2.45, 2.75) is 6.54 Å². The van der Waals surface area contributed by atoms with Crippen LogP contribution in [-0.4, -0.2) is 17.1 Å². The highest BCUT2D eigenvalue weighted by atomic mass is 35.5. The molecule has 0 atom stereocenters. The van der Waals surface area contributed by atoms with E-state index in [0.29, 0.717) is 17.4 Å². The molecule has 0 aliphatic rings. The van der Waals surface area contributed by atoms with Crippen molar-refractivity contribution in [3.05, 3.63) is 46.9 Å². The van der Waals surface area contributed by atoms with Crippen LogP contribution in [0.5, 0.6) is 5.75 Å². The van der Waals surface area contributed by atoms with E-state index in [2.05, 4.69) is 15.3 Å². The number of anilines is 1. The fourth-order valence-electron chi connectivity index (χ4n) is 1.61. The van der Waals surface area contributed by atoms with Crippen LogP contribution in [0.2, 0.25) is 5.02 Å². The second-order valence-corrected chi connectivity index (χ2v) is 4.11. The van der Waals surface area contributed by atoms with Gasteiger partial charge in [0.2, 0.25) is 0 Å². The van der Waals surface area contributed by atoms with Gasteiger partial charge in [0.1, 0.15) is 11.8 Å². The number of benzene rings is 1. The van der Waals surface area contributed by atoms with Gasteiger partial charge in [-0.3, -0.25) is 0 Å². The Morgan fingerprint density at radius 2 is 2.16 bits per heavy atom. The van der Waals surface area contributed by atoms with Crippen molar-refractivity contribution in [3.63, 3.8) is 0 Å². The summed E-state index contributed by atoms with van der Waals surface area (Å²) in [6.45, 7) is 0.442. The van der Waals surface area contributed by atoms with Crippen molar-refractivity contribution in [2.24, 2.45) is 0 Å². The molecule has 0 saturated heterocycles. The fraction of sp³-hybridized carbons (Fsp3) is 0.154. The number of methoxy groups -OCH3 is 1. The van der Waals surface area contributed by atoms with Gasteiger partial charge in [0.25, 0.3) is 0 Å². The summed E-state index contributed by atoms with van der Waals surface area (Å²) in [5, 5.41) is 12.6. The summed E-state index contributed by atoms with van der Waals surface area (Å²) in [7, 11) is 1.59.